The monoisotopic (exact) mass is 1030 g/mol. The van der Waals surface area contributed by atoms with Gasteiger partial charge < -0.3 is 19.6 Å². The molecule has 3 aromatic heterocycles. The van der Waals surface area contributed by atoms with Crippen molar-refractivity contribution in [3.8, 4) is 5.75 Å². The van der Waals surface area contributed by atoms with E-state index in [-0.39, 0.29) is 29.3 Å². The highest BCUT2D eigenvalue weighted by Gasteiger charge is 2.33. The number of carboxylic acid groups (broad SMARTS) is 1. The summed E-state index contributed by atoms with van der Waals surface area (Å²) in [6.07, 6.45) is 7.46. The van der Waals surface area contributed by atoms with Gasteiger partial charge in [0.05, 0.1) is 40.5 Å². The molecule has 386 valence electrons. The number of carbonyl (C=O) groups is 5. The van der Waals surface area contributed by atoms with Gasteiger partial charge in [0, 0.05) is 50.6 Å². The Hall–Kier alpha value is -7.50. The average Bonchev–Trinajstić information content (AvgIpc) is 4.00. The number of pyridine rings is 1. The largest absolute Gasteiger partial charge is 0.494 e. The normalized spacial score (nSPS) is 17.8. The minimum Gasteiger partial charge on any atom is -0.494 e. The molecule has 11 rings (SSSR count). The van der Waals surface area contributed by atoms with E-state index in [1.54, 1.807) is 0 Å². The van der Waals surface area contributed by atoms with Crippen LogP contribution in [-0.4, -0.2) is 110 Å². The first-order valence-corrected chi connectivity index (χ1v) is 27.1. The van der Waals surface area contributed by atoms with Crippen molar-refractivity contribution >= 4 is 73.0 Å². The molecule has 0 spiro atoms. The number of carbonyl (C=O) groups excluding carboxylic acids is 4. The Kier molecular flexibility index (Phi) is 14.4. The minimum atomic E-state index is -1.08. The topological polar surface area (TPSA) is 192 Å². The maximum Gasteiger partial charge on any atom is 0.354 e. The number of hydrogen-bond acceptors (Lipinski definition) is 12. The van der Waals surface area contributed by atoms with Gasteiger partial charge in [-0.1, -0.05) is 65.9 Å². The summed E-state index contributed by atoms with van der Waals surface area (Å²) in [6.45, 7) is 5.23. The van der Waals surface area contributed by atoms with Crippen LogP contribution in [0.3, 0.4) is 0 Å². The van der Waals surface area contributed by atoms with Gasteiger partial charge in [0.2, 0.25) is 17.7 Å². The number of para-hydroxylation sites is 1. The van der Waals surface area contributed by atoms with Crippen molar-refractivity contribution in [2.45, 2.75) is 82.6 Å². The number of nitrogens with zero attached hydrogens (tertiary/aromatic N) is 7. The number of aryl methyl sites for hydroxylation is 2. The predicted molar refractivity (Wildman–Crippen MR) is 287 cm³/mol. The zero-order valence-electron chi connectivity index (χ0n) is 42.1. The van der Waals surface area contributed by atoms with Gasteiger partial charge in [-0.3, -0.25) is 39.4 Å². The van der Waals surface area contributed by atoms with Crippen molar-refractivity contribution in [1.82, 2.24) is 34.9 Å². The number of anilines is 2. The number of carboxylic acids is 1. The molecule has 3 fully saturated rings. The second-order valence-corrected chi connectivity index (χ2v) is 21.5. The number of fused-ring (bicyclic) bond motifs is 3. The van der Waals surface area contributed by atoms with Crippen LogP contribution in [0.1, 0.15) is 111 Å². The molecule has 75 heavy (non-hydrogen) atoms. The molecule has 1 atom stereocenters. The fourth-order valence-corrected chi connectivity index (χ4v) is 12.4. The fraction of sp³-hybridized carbons (Fsp3) is 0.379. The smallest absolute Gasteiger partial charge is 0.354 e. The van der Waals surface area contributed by atoms with E-state index < -0.39 is 11.9 Å². The second-order valence-electron chi connectivity index (χ2n) is 20.5. The molecule has 4 aliphatic rings. The first-order chi connectivity index (χ1) is 36.5. The maximum absolute atomic E-state index is 13.6. The minimum absolute atomic E-state index is 0.0288. The molecule has 0 bridgehead atoms. The van der Waals surface area contributed by atoms with Crippen molar-refractivity contribution in [2.75, 3.05) is 56.1 Å². The third-order valence-corrected chi connectivity index (χ3v) is 16.6. The third-order valence-electron chi connectivity index (χ3n) is 15.7. The molecule has 0 saturated carbocycles. The Bertz CT molecular complexity index is 3270. The quantitative estimate of drug-likeness (QED) is 0.0659. The number of amides is 4. The lowest BCUT2D eigenvalue weighted by molar-refractivity contribution is -0.135. The second kappa shape index (κ2) is 21.8. The van der Waals surface area contributed by atoms with Crippen LogP contribution in [0.4, 0.5) is 10.9 Å². The molecule has 0 aliphatic carbocycles. The Balaban J connectivity index is 0.603. The number of benzene rings is 4. The number of aromatic nitrogens is 4. The van der Waals surface area contributed by atoms with Gasteiger partial charge in [0.25, 0.3) is 5.91 Å². The van der Waals surface area contributed by atoms with Gasteiger partial charge >= 0.3 is 5.97 Å². The van der Waals surface area contributed by atoms with Crippen LogP contribution in [-0.2, 0) is 47.2 Å². The van der Waals surface area contributed by atoms with E-state index in [1.165, 1.54) is 22.5 Å². The summed E-state index contributed by atoms with van der Waals surface area (Å²) < 4.78 is 8.94. The van der Waals surface area contributed by atoms with Crippen LogP contribution in [0, 0.1) is 5.92 Å². The summed E-state index contributed by atoms with van der Waals surface area (Å²) in [5.74, 6) is 0.187. The summed E-state index contributed by atoms with van der Waals surface area (Å²) in [7, 11) is 1.90. The summed E-state index contributed by atoms with van der Waals surface area (Å²) in [5.41, 5.74) is 8.26. The Morgan fingerprint density at radius 1 is 0.853 bits per heavy atom. The summed E-state index contributed by atoms with van der Waals surface area (Å²) >= 11 is 1.43. The van der Waals surface area contributed by atoms with E-state index in [4.69, 9.17) is 9.84 Å². The van der Waals surface area contributed by atoms with E-state index in [2.05, 4.69) is 55.8 Å². The van der Waals surface area contributed by atoms with Gasteiger partial charge in [0.15, 0.2) is 10.8 Å². The fourth-order valence-electron chi connectivity index (χ4n) is 11.5. The van der Waals surface area contributed by atoms with Crippen LogP contribution in [0.25, 0.3) is 21.1 Å². The number of thiazole rings is 1. The van der Waals surface area contributed by atoms with Crippen LogP contribution in [0.15, 0.2) is 97.1 Å². The van der Waals surface area contributed by atoms with Crippen LogP contribution >= 0.6 is 11.3 Å². The molecule has 3 saturated heterocycles. The molecule has 4 aromatic carbocycles. The first kappa shape index (κ1) is 49.7. The number of likely N-dealkylation sites (tertiary alicyclic amines) is 2. The van der Waals surface area contributed by atoms with Gasteiger partial charge in [0.1, 0.15) is 11.6 Å². The predicted octanol–water partition coefficient (Wildman–Crippen LogP) is 8.28. The van der Waals surface area contributed by atoms with Crippen molar-refractivity contribution in [1.29, 1.82) is 0 Å². The highest BCUT2D eigenvalue weighted by molar-refractivity contribution is 7.22. The van der Waals surface area contributed by atoms with Crippen LogP contribution < -0.4 is 20.3 Å². The number of nitrogens with one attached hydrogen (secondary N) is 2. The zero-order valence-corrected chi connectivity index (χ0v) is 42.9. The molecule has 0 radical (unpaired) electrons. The number of hydrogen-bond donors (Lipinski definition) is 3. The number of piperidine rings is 3. The van der Waals surface area contributed by atoms with Gasteiger partial charge in [-0.25, -0.2) is 14.8 Å². The number of aromatic carboxylic acids is 1. The van der Waals surface area contributed by atoms with Crippen molar-refractivity contribution in [3.63, 3.8) is 0 Å². The molecule has 17 heteroatoms. The maximum atomic E-state index is 13.6. The molecule has 3 N–H and O–H groups in total. The SMILES string of the molecule is Cn1nc(C2CCC(=O)NC2=O)c2ccc(C3CCN(C(=O)CN4CCC(Cc5ccc(OCCCc6ccc(N7CCc8cccc(C(=O)Nc9nc%10ccccc%10s9)c8C7)nc6C(=O)O)cc5)CC4)CC3)cc21. The standard InChI is InChI=1S/C58H61N9O7S/c1-64-48-33-41(13-17-44(48)54(63-64)45-18-20-51(68)61-56(45)71)38-23-28-66(29-24-38)52(69)35-65-26-21-37(22-27-65)32-36-11-15-42(16-12-36)74-31-5-7-40-14-19-50(60-53(40)57(72)73)67-30-25-39-6-4-8-43(46(39)34-67)55(70)62-58-59-47-9-2-3-10-49(47)75-58/h2-4,6,8-17,19,33,37-38,45H,5,7,18,20-32,34-35H2,1H3,(H,72,73)(H,59,62,70)(H,61,68,71). The number of ether oxygens (including phenoxy) is 1. The van der Waals surface area contributed by atoms with E-state index in [0.29, 0.717) is 92.3 Å². The molecular weight excluding hydrogens is 967 g/mol. The van der Waals surface area contributed by atoms with Crippen molar-refractivity contribution in [3.05, 3.63) is 142 Å². The Labute approximate surface area is 439 Å². The lowest BCUT2D eigenvalue weighted by atomic mass is 9.87. The molecule has 7 aromatic rings. The van der Waals surface area contributed by atoms with E-state index in [0.717, 1.165) is 102 Å². The molecular formula is C58H61N9O7S. The highest BCUT2D eigenvalue weighted by atomic mass is 32.1. The molecule has 1 unspecified atom stereocenters. The summed E-state index contributed by atoms with van der Waals surface area (Å²) in [6, 6.07) is 31.9. The van der Waals surface area contributed by atoms with E-state index in [9.17, 15) is 29.1 Å². The molecule has 16 nitrogen and oxygen atoms in total. The Morgan fingerprint density at radius 2 is 1.67 bits per heavy atom. The van der Waals surface area contributed by atoms with Gasteiger partial charge in [-0.05, 0) is 153 Å². The van der Waals surface area contributed by atoms with Crippen LogP contribution in [0.5, 0.6) is 5.75 Å². The van der Waals surface area contributed by atoms with E-state index >= 15 is 0 Å². The van der Waals surface area contributed by atoms with Crippen LogP contribution in [0.2, 0.25) is 0 Å². The molecule has 4 amide bonds. The summed E-state index contributed by atoms with van der Waals surface area (Å²) in [5, 5.41) is 21.9. The van der Waals surface area contributed by atoms with E-state index in [1.807, 2.05) is 88.3 Å². The third kappa shape index (κ3) is 11.0. The van der Waals surface area contributed by atoms with Gasteiger partial charge in [-0.2, -0.15) is 5.10 Å². The zero-order chi connectivity index (χ0) is 51.6. The average molecular weight is 1030 g/mol. The highest BCUT2D eigenvalue weighted by Crippen LogP contribution is 2.36. The van der Waals surface area contributed by atoms with Crippen molar-refractivity contribution < 1.29 is 33.8 Å². The van der Waals surface area contributed by atoms with Crippen molar-refractivity contribution in [2.24, 2.45) is 13.0 Å². The Morgan fingerprint density at radius 3 is 2.45 bits per heavy atom. The number of rotatable bonds is 15. The lowest BCUT2D eigenvalue weighted by Gasteiger charge is -2.36. The molecule has 4 aliphatic heterocycles. The summed E-state index contributed by atoms with van der Waals surface area (Å²) in [4.78, 5) is 79.5. The molecule has 7 heterocycles. The lowest BCUT2D eigenvalue weighted by Crippen LogP contribution is -2.46. The first-order valence-electron chi connectivity index (χ1n) is 26.3. The number of imide groups is 1. The van der Waals surface area contributed by atoms with Gasteiger partial charge in [-0.15, -0.1) is 0 Å².